The monoisotopic (exact) mass is 483 g/mol. The fourth-order valence-electron chi connectivity index (χ4n) is 4.05. The van der Waals surface area contributed by atoms with Crippen LogP contribution >= 0.6 is 34.4 Å². The van der Waals surface area contributed by atoms with Crippen molar-refractivity contribution >= 4 is 44.7 Å². The molecule has 0 unspecified atom stereocenters. The minimum Gasteiger partial charge on any atom is -0.493 e. The standard InChI is InChI=1S/C24H25N3O2S3/c1-4-29-18-10-9-15(11-19(18)28-3)22-27-16(12-30-22)13-31-23-21-17-7-5-6-8-20(17)32-24(21)26-14(2)25-23/h9-12H,4-8,13H2,1-3H3. The molecule has 3 heterocycles. The second-order valence-electron chi connectivity index (χ2n) is 7.70. The number of ether oxygens (including phenoxy) is 2. The van der Waals surface area contributed by atoms with Gasteiger partial charge in [-0.15, -0.1) is 22.7 Å². The molecule has 1 aliphatic rings. The highest BCUT2D eigenvalue weighted by atomic mass is 32.2. The normalized spacial score (nSPS) is 13.3. The molecule has 0 saturated carbocycles. The number of hydrogen-bond acceptors (Lipinski definition) is 8. The van der Waals surface area contributed by atoms with Gasteiger partial charge in [-0.25, -0.2) is 15.0 Å². The Morgan fingerprint density at radius 3 is 2.81 bits per heavy atom. The van der Waals surface area contributed by atoms with Gasteiger partial charge >= 0.3 is 0 Å². The fraction of sp³-hybridized carbons (Fsp3) is 0.375. The second kappa shape index (κ2) is 9.37. The van der Waals surface area contributed by atoms with Gasteiger partial charge in [0.05, 0.1) is 19.4 Å². The van der Waals surface area contributed by atoms with Crippen molar-refractivity contribution < 1.29 is 9.47 Å². The Labute approximate surface area is 200 Å². The summed E-state index contributed by atoms with van der Waals surface area (Å²) in [5, 5.41) is 5.51. The van der Waals surface area contributed by atoms with Crippen LogP contribution in [-0.4, -0.2) is 28.7 Å². The van der Waals surface area contributed by atoms with Crippen LogP contribution in [0.3, 0.4) is 0 Å². The molecule has 0 N–H and O–H groups in total. The number of aromatic nitrogens is 3. The fourth-order valence-corrected chi connectivity index (χ4v) is 7.34. The highest BCUT2D eigenvalue weighted by Crippen LogP contribution is 2.41. The summed E-state index contributed by atoms with van der Waals surface area (Å²) >= 11 is 5.29. The van der Waals surface area contributed by atoms with Crippen LogP contribution in [-0.2, 0) is 18.6 Å². The summed E-state index contributed by atoms with van der Waals surface area (Å²) < 4.78 is 11.1. The maximum Gasteiger partial charge on any atom is 0.161 e. The summed E-state index contributed by atoms with van der Waals surface area (Å²) in [5.74, 6) is 3.13. The van der Waals surface area contributed by atoms with E-state index < -0.39 is 0 Å². The van der Waals surface area contributed by atoms with E-state index in [1.165, 1.54) is 35.1 Å². The molecule has 4 aromatic rings. The summed E-state index contributed by atoms with van der Waals surface area (Å²) in [7, 11) is 1.67. The van der Waals surface area contributed by atoms with Crippen LogP contribution in [0, 0.1) is 6.92 Å². The third kappa shape index (κ3) is 4.23. The topological polar surface area (TPSA) is 57.1 Å². The molecule has 0 fully saturated rings. The molecule has 3 aromatic heterocycles. The van der Waals surface area contributed by atoms with Gasteiger partial charge in [0.15, 0.2) is 11.5 Å². The van der Waals surface area contributed by atoms with E-state index in [0.29, 0.717) is 6.61 Å². The molecule has 0 radical (unpaired) electrons. The molecule has 5 rings (SSSR count). The minimum absolute atomic E-state index is 0.609. The van der Waals surface area contributed by atoms with Crippen molar-refractivity contribution in [1.82, 2.24) is 15.0 Å². The van der Waals surface area contributed by atoms with Crippen molar-refractivity contribution in [3.63, 3.8) is 0 Å². The Morgan fingerprint density at radius 2 is 1.97 bits per heavy atom. The van der Waals surface area contributed by atoms with E-state index in [1.54, 1.807) is 30.2 Å². The first kappa shape index (κ1) is 21.7. The lowest BCUT2D eigenvalue weighted by atomic mass is 9.97. The van der Waals surface area contributed by atoms with Crippen molar-refractivity contribution in [2.75, 3.05) is 13.7 Å². The van der Waals surface area contributed by atoms with E-state index in [9.17, 15) is 0 Å². The van der Waals surface area contributed by atoms with E-state index in [2.05, 4.69) is 5.38 Å². The van der Waals surface area contributed by atoms with Gasteiger partial charge in [0.2, 0.25) is 0 Å². The maximum atomic E-state index is 5.63. The number of hydrogen-bond donors (Lipinski definition) is 0. The van der Waals surface area contributed by atoms with E-state index in [4.69, 9.17) is 24.4 Å². The van der Waals surface area contributed by atoms with Crippen LogP contribution in [0.1, 0.15) is 41.7 Å². The predicted octanol–water partition coefficient (Wildman–Crippen LogP) is 6.70. The molecule has 166 valence electrons. The van der Waals surface area contributed by atoms with Crippen LogP contribution in [0.5, 0.6) is 11.5 Å². The van der Waals surface area contributed by atoms with Crippen molar-refractivity contribution in [3.8, 4) is 22.1 Å². The molecule has 32 heavy (non-hydrogen) atoms. The third-order valence-corrected chi connectivity index (χ3v) is 8.65. The van der Waals surface area contributed by atoms with Gasteiger partial charge < -0.3 is 9.47 Å². The summed E-state index contributed by atoms with van der Waals surface area (Å²) in [6.07, 6.45) is 4.88. The van der Waals surface area contributed by atoms with Gasteiger partial charge in [-0.3, -0.25) is 0 Å². The van der Waals surface area contributed by atoms with Gasteiger partial charge in [0.25, 0.3) is 0 Å². The maximum absolute atomic E-state index is 5.63. The van der Waals surface area contributed by atoms with Gasteiger partial charge in [-0.05, 0) is 63.3 Å². The number of fused-ring (bicyclic) bond motifs is 3. The van der Waals surface area contributed by atoms with E-state index in [1.807, 2.05) is 43.4 Å². The molecule has 8 heteroatoms. The SMILES string of the molecule is CCOc1ccc(-c2nc(CSc3nc(C)nc4sc5c(c34)CCCC5)cs2)cc1OC. The number of thiazole rings is 1. The highest BCUT2D eigenvalue weighted by Gasteiger charge is 2.21. The van der Waals surface area contributed by atoms with Crippen LogP contribution < -0.4 is 9.47 Å². The zero-order valence-electron chi connectivity index (χ0n) is 18.4. The van der Waals surface area contributed by atoms with Crippen LogP contribution in [0.15, 0.2) is 28.6 Å². The van der Waals surface area contributed by atoms with Crippen LogP contribution in [0.2, 0.25) is 0 Å². The minimum atomic E-state index is 0.609. The second-order valence-corrected chi connectivity index (χ2v) is 10.6. The smallest absolute Gasteiger partial charge is 0.161 e. The quantitative estimate of drug-likeness (QED) is 0.215. The molecule has 5 nitrogen and oxygen atoms in total. The molecule has 1 aromatic carbocycles. The van der Waals surface area contributed by atoms with Gasteiger partial charge in [-0.2, -0.15) is 0 Å². The van der Waals surface area contributed by atoms with Gasteiger partial charge in [0.1, 0.15) is 20.7 Å². The van der Waals surface area contributed by atoms with Crippen LogP contribution in [0.4, 0.5) is 0 Å². The lowest BCUT2D eigenvalue weighted by molar-refractivity contribution is 0.311. The summed E-state index contributed by atoms with van der Waals surface area (Å²) in [4.78, 5) is 17.1. The molecule has 0 amide bonds. The van der Waals surface area contributed by atoms with Crippen molar-refractivity contribution in [2.45, 2.75) is 50.3 Å². The number of thiophene rings is 1. The van der Waals surface area contributed by atoms with Crippen molar-refractivity contribution in [2.24, 2.45) is 0 Å². The Morgan fingerprint density at radius 1 is 1.09 bits per heavy atom. The lowest BCUT2D eigenvalue weighted by Gasteiger charge is -2.11. The van der Waals surface area contributed by atoms with E-state index in [-0.39, 0.29) is 0 Å². The first-order valence-electron chi connectivity index (χ1n) is 10.8. The average Bonchev–Trinajstić information content (AvgIpc) is 3.42. The lowest BCUT2D eigenvalue weighted by Crippen LogP contribution is -1.99. The van der Waals surface area contributed by atoms with Gasteiger partial charge in [0, 0.05) is 27.0 Å². The average molecular weight is 484 g/mol. The largest absolute Gasteiger partial charge is 0.493 e. The van der Waals surface area contributed by atoms with E-state index >= 15 is 0 Å². The molecule has 1 aliphatic carbocycles. The Kier molecular flexibility index (Phi) is 6.35. The Balaban J connectivity index is 1.38. The molecule has 0 atom stereocenters. The molecule has 0 saturated heterocycles. The molecular formula is C24H25N3O2S3. The summed E-state index contributed by atoms with van der Waals surface area (Å²) in [6, 6.07) is 5.99. The number of methoxy groups -OCH3 is 1. The van der Waals surface area contributed by atoms with Crippen LogP contribution in [0.25, 0.3) is 20.8 Å². The van der Waals surface area contributed by atoms with E-state index in [0.717, 1.165) is 55.6 Å². The molecular weight excluding hydrogens is 458 g/mol. The van der Waals surface area contributed by atoms with Crippen molar-refractivity contribution in [1.29, 1.82) is 0 Å². The van der Waals surface area contributed by atoms with Crippen molar-refractivity contribution in [3.05, 3.63) is 45.5 Å². The number of nitrogens with zero attached hydrogens (tertiary/aromatic N) is 3. The number of thioether (sulfide) groups is 1. The first-order valence-corrected chi connectivity index (χ1v) is 13.5. The first-order chi connectivity index (χ1) is 15.7. The Bertz CT molecular complexity index is 1270. The highest BCUT2D eigenvalue weighted by molar-refractivity contribution is 7.98. The predicted molar refractivity (Wildman–Crippen MR) is 134 cm³/mol. The summed E-state index contributed by atoms with van der Waals surface area (Å²) in [6.45, 7) is 4.57. The number of benzene rings is 1. The number of rotatable bonds is 7. The molecule has 0 bridgehead atoms. The zero-order chi connectivity index (χ0) is 22.1. The third-order valence-electron chi connectivity index (χ3n) is 5.51. The molecule has 0 spiro atoms. The molecule has 0 aliphatic heterocycles. The summed E-state index contributed by atoms with van der Waals surface area (Å²) in [5.41, 5.74) is 3.59. The van der Waals surface area contributed by atoms with Gasteiger partial charge in [-0.1, -0.05) is 11.8 Å². The number of aryl methyl sites for hydroxylation is 3. The Hall–Kier alpha value is -2.16. The zero-order valence-corrected chi connectivity index (χ0v) is 20.9.